The lowest BCUT2D eigenvalue weighted by atomic mass is 10.1. The topological polar surface area (TPSA) is 86.3 Å². The number of ether oxygens (including phenoxy) is 4. The van der Waals surface area contributed by atoms with Gasteiger partial charge in [-0.2, -0.15) is 13.2 Å². The van der Waals surface area contributed by atoms with E-state index in [1.54, 1.807) is 12.1 Å². The summed E-state index contributed by atoms with van der Waals surface area (Å²) in [6.45, 7) is 1.03. The first-order chi connectivity index (χ1) is 15.7. The maximum Gasteiger partial charge on any atom is 0.416 e. The molecule has 1 aliphatic rings. The Kier molecular flexibility index (Phi) is 7.64. The van der Waals surface area contributed by atoms with Gasteiger partial charge in [-0.1, -0.05) is 6.07 Å². The number of carbonyl (C=O) groups is 2. The van der Waals surface area contributed by atoms with E-state index in [1.807, 2.05) is 4.90 Å². The number of anilines is 2. The van der Waals surface area contributed by atoms with E-state index in [0.717, 1.165) is 12.1 Å². The third kappa shape index (κ3) is 5.86. The highest BCUT2D eigenvalue weighted by Gasteiger charge is 2.32. The number of alkyl halides is 3. The number of hydrogen-bond acceptors (Lipinski definition) is 7. The van der Waals surface area contributed by atoms with Crippen molar-refractivity contribution in [3.8, 4) is 11.5 Å². The first-order valence-corrected chi connectivity index (χ1v) is 9.96. The SMILES string of the molecule is COc1cccc(C(=O)OCC(=O)Nc2cc(C(F)(F)F)ccc2N2CCOCC2)c1OC. The first kappa shape index (κ1) is 24.2. The number of benzene rings is 2. The minimum Gasteiger partial charge on any atom is -0.493 e. The van der Waals surface area contributed by atoms with E-state index in [-0.39, 0.29) is 17.0 Å². The average Bonchev–Trinajstić information content (AvgIpc) is 2.81. The molecular formula is C22H23F3N2O6. The number of para-hydroxylation sites is 1. The molecule has 0 aromatic heterocycles. The molecule has 0 radical (unpaired) electrons. The molecule has 3 rings (SSSR count). The van der Waals surface area contributed by atoms with Crippen LogP contribution in [-0.4, -0.2) is 59.0 Å². The third-order valence-electron chi connectivity index (χ3n) is 4.91. The highest BCUT2D eigenvalue weighted by Crippen LogP contribution is 2.36. The summed E-state index contributed by atoms with van der Waals surface area (Å²) >= 11 is 0. The van der Waals surface area contributed by atoms with E-state index in [2.05, 4.69) is 5.32 Å². The van der Waals surface area contributed by atoms with Crippen LogP contribution in [0.5, 0.6) is 11.5 Å². The summed E-state index contributed by atoms with van der Waals surface area (Å²) in [5.74, 6) is -1.20. The van der Waals surface area contributed by atoms with E-state index in [4.69, 9.17) is 18.9 Å². The zero-order valence-electron chi connectivity index (χ0n) is 18.0. The number of carbonyl (C=O) groups excluding carboxylic acids is 2. The third-order valence-corrected chi connectivity index (χ3v) is 4.91. The molecule has 1 aliphatic heterocycles. The molecule has 178 valence electrons. The maximum atomic E-state index is 13.2. The van der Waals surface area contributed by atoms with E-state index in [9.17, 15) is 22.8 Å². The molecule has 0 saturated carbocycles. The smallest absolute Gasteiger partial charge is 0.416 e. The van der Waals surface area contributed by atoms with Crippen LogP contribution in [0.4, 0.5) is 24.5 Å². The van der Waals surface area contributed by atoms with Crippen molar-refractivity contribution in [2.24, 2.45) is 0 Å². The van der Waals surface area contributed by atoms with Gasteiger partial charge in [-0.25, -0.2) is 4.79 Å². The number of methoxy groups -OCH3 is 2. The number of hydrogen-bond donors (Lipinski definition) is 1. The Hall–Kier alpha value is -3.47. The minimum atomic E-state index is -4.58. The fourth-order valence-electron chi connectivity index (χ4n) is 3.34. The van der Waals surface area contributed by atoms with E-state index < -0.39 is 30.2 Å². The van der Waals surface area contributed by atoms with Crippen LogP contribution in [0.3, 0.4) is 0 Å². The Morgan fingerprint density at radius 1 is 1.09 bits per heavy atom. The van der Waals surface area contributed by atoms with Gasteiger partial charge in [-0.05, 0) is 30.3 Å². The summed E-state index contributed by atoms with van der Waals surface area (Å²) < 4.78 is 60.3. The Labute approximate surface area is 188 Å². The molecule has 0 unspecified atom stereocenters. The lowest BCUT2D eigenvalue weighted by Crippen LogP contribution is -2.37. The van der Waals surface area contributed by atoms with Crippen molar-refractivity contribution in [1.82, 2.24) is 0 Å². The first-order valence-electron chi connectivity index (χ1n) is 9.96. The standard InChI is InChI=1S/C22H23F3N2O6/c1-30-18-5-3-4-15(20(18)31-2)21(29)33-13-19(28)26-16-12-14(22(23,24)25)6-7-17(16)27-8-10-32-11-9-27/h3-7,12H,8-11,13H2,1-2H3,(H,26,28). The van der Waals surface area contributed by atoms with Crippen molar-refractivity contribution < 1.29 is 41.7 Å². The van der Waals surface area contributed by atoms with E-state index in [0.29, 0.717) is 37.7 Å². The lowest BCUT2D eigenvalue weighted by Gasteiger charge is -2.31. The molecule has 1 fully saturated rings. The Balaban J connectivity index is 1.75. The van der Waals surface area contributed by atoms with Gasteiger partial charge in [0.2, 0.25) is 0 Å². The molecule has 0 spiro atoms. The number of amides is 1. The molecule has 2 aromatic carbocycles. The van der Waals surface area contributed by atoms with Gasteiger partial charge in [0, 0.05) is 13.1 Å². The summed E-state index contributed by atoms with van der Waals surface area (Å²) in [4.78, 5) is 26.7. The number of esters is 1. The normalized spacial score (nSPS) is 13.9. The molecule has 33 heavy (non-hydrogen) atoms. The summed E-state index contributed by atoms with van der Waals surface area (Å²) in [7, 11) is 2.75. The molecule has 0 aliphatic carbocycles. The van der Waals surface area contributed by atoms with Gasteiger partial charge < -0.3 is 29.2 Å². The molecule has 1 amide bonds. The van der Waals surface area contributed by atoms with Crippen LogP contribution in [0.2, 0.25) is 0 Å². The molecule has 1 heterocycles. The van der Waals surface area contributed by atoms with Gasteiger partial charge in [-0.15, -0.1) is 0 Å². The fraction of sp³-hybridized carbons (Fsp3) is 0.364. The highest BCUT2D eigenvalue weighted by atomic mass is 19.4. The predicted molar refractivity (Wildman–Crippen MR) is 113 cm³/mol. The monoisotopic (exact) mass is 468 g/mol. The molecule has 8 nitrogen and oxygen atoms in total. The fourth-order valence-corrected chi connectivity index (χ4v) is 3.34. The van der Waals surface area contributed by atoms with Crippen molar-refractivity contribution in [1.29, 1.82) is 0 Å². The molecule has 1 N–H and O–H groups in total. The molecule has 0 bridgehead atoms. The second kappa shape index (κ2) is 10.4. The van der Waals surface area contributed by atoms with E-state index in [1.165, 1.54) is 26.4 Å². The molecule has 0 atom stereocenters. The van der Waals surface area contributed by atoms with E-state index >= 15 is 0 Å². The van der Waals surface area contributed by atoms with Crippen molar-refractivity contribution in [3.63, 3.8) is 0 Å². The molecule has 2 aromatic rings. The van der Waals surface area contributed by atoms with Crippen LogP contribution < -0.4 is 19.7 Å². The van der Waals surface area contributed by atoms with Crippen LogP contribution in [-0.2, 0) is 20.4 Å². The Morgan fingerprint density at radius 3 is 2.45 bits per heavy atom. The number of nitrogens with zero attached hydrogens (tertiary/aromatic N) is 1. The van der Waals surface area contributed by atoms with Crippen molar-refractivity contribution in [2.75, 3.05) is 57.3 Å². The second-order valence-corrected chi connectivity index (χ2v) is 6.99. The summed E-state index contributed by atoms with van der Waals surface area (Å²) in [5, 5.41) is 2.42. The predicted octanol–water partition coefficient (Wildman–Crippen LogP) is 3.35. The Bertz CT molecular complexity index is 1010. The average molecular weight is 468 g/mol. The second-order valence-electron chi connectivity index (χ2n) is 6.99. The maximum absolute atomic E-state index is 13.2. The molecule has 11 heteroatoms. The van der Waals surface area contributed by atoms with Crippen molar-refractivity contribution in [2.45, 2.75) is 6.18 Å². The van der Waals surface area contributed by atoms with Gasteiger partial charge in [0.1, 0.15) is 5.56 Å². The van der Waals surface area contributed by atoms with Gasteiger partial charge in [-0.3, -0.25) is 4.79 Å². The number of halogens is 3. The minimum absolute atomic E-state index is 0.0354. The molecule has 1 saturated heterocycles. The number of rotatable bonds is 7. The van der Waals surface area contributed by atoms with Crippen LogP contribution in [0, 0.1) is 0 Å². The van der Waals surface area contributed by atoms with Gasteiger partial charge in [0.15, 0.2) is 18.1 Å². The van der Waals surface area contributed by atoms with Crippen LogP contribution in [0.25, 0.3) is 0 Å². The van der Waals surface area contributed by atoms with Crippen LogP contribution in [0.15, 0.2) is 36.4 Å². The van der Waals surface area contributed by atoms with Crippen LogP contribution in [0.1, 0.15) is 15.9 Å². The van der Waals surface area contributed by atoms with Crippen molar-refractivity contribution >= 4 is 23.3 Å². The van der Waals surface area contributed by atoms with Crippen molar-refractivity contribution in [3.05, 3.63) is 47.5 Å². The highest BCUT2D eigenvalue weighted by molar-refractivity contribution is 5.99. The van der Waals surface area contributed by atoms with Crippen LogP contribution >= 0.6 is 0 Å². The number of nitrogens with one attached hydrogen (secondary N) is 1. The quantitative estimate of drug-likeness (QED) is 0.624. The zero-order valence-corrected chi connectivity index (χ0v) is 18.0. The Morgan fingerprint density at radius 2 is 1.82 bits per heavy atom. The van der Waals surface area contributed by atoms with Gasteiger partial charge in [0.25, 0.3) is 5.91 Å². The van der Waals surface area contributed by atoms with Gasteiger partial charge in [0.05, 0.1) is 44.4 Å². The van der Waals surface area contributed by atoms with Gasteiger partial charge >= 0.3 is 12.1 Å². The molecular weight excluding hydrogens is 445 g/mol. The summed E-state index contributed by atoms with van der Waals surface area (Å²) in [6.07, 6.45) is -4.58. The largest absolute Gasteiger partial charge is 0.493 e. The summed E-state index contributed by atoms with van der Waals surface area (Å²) in [5.41, 5.74) is -0.488. The zero-order chi connectivity index (χ0) is 24.0. The number of morpholine rings is 1. The summed E-state index contributed by atoms with van der Waals surface area (Å²) in [6, 6.07) is 7.69. The lowest BCUT2D eigenvalue weighted by molar-refractivity contribution is -0.137.